The zero-order valence-electron chi connectivity index (χ0n) is 37.6. The Morgan fingerprint density at radius 2 is 0.984 bits per heavy atom. The second-order valence-electron chi connectivity index (χ2n) is 16.0. The van der Waals surface area contributed by atoms with Gasteiger partial charge in [0.1, 0.15) is 0 Å². The molecule has 8 aromatic carbocycles. The lowest BCUT2D eigenvalue weighted by Gasteiger charge is -2.18. The van der Waals surface area contributed by atoms with Crippen LogP contribution in [0, 0.1) is 13.8 Å². The number of benzene rings is 8. The molecule has 0 nitrogen and oxygen atoms in total. The van der Waals surface area contributed by atoms with Crippen molar-refractivity contribution in [3.8, 4) is 11.1 Å². The third kappa shape index (κ3) is 14.2. The quantitative estimate of drug-likeness (QED) is 0.122. The van der Waals surface area contributed by atoms with Crippen LogP contribution in [0.25, 0.3) is 43.8 Å². The Kier molecular flexibility index (Phi) is 18.6. The Morgan fingerprint density at radius 3 is 1.52 bits per heavy atom. The summed E-state index contributed by atoms with van der Waals surface area (Å²) in [5.74, 6) is 0.435. The number of allylic oxidation sites excluding steroid dienone is 3. The van der Waals surface area contributed by atoms with E-state index in [0.29, 0.717) is 5.92 Å². The van der Waals surface area contributed by atoms with Crippen molar-refractivity contribution in [2.75, 3.05) is 0 Å². The van der Waals surface area contributed by atoms with Crippen LogP contribution < -0.4 is 0 Å². The Bertz CT molecular complexity index is 2510. The predicted molar refractivity (Wildman–Crippen MR) is 271 cm³/mol. The van der Waals surface area contributed by atoms with E-state index in [1.165, 1.54) is 97.3 Å². The third-order valence-corrected chi connectivity index (χ3v) is 11.0. The van der Waals surface area contributed by atoms with Crippen LogP contribution in [0.1, 0.15) is 99.1 Å². The molecule has 8 aromatic rings. The standard InChI is InChI=1S/C32H34.C13H14.C9H10.C7H8/c1-4-9-29(27-21-19-26(20-22-27)25-17-15-24(3)16-18-25)23-30(10-5-2)32-14-8-12-28-11-6-7-13-31(28)32;1-2-6-11-8-5-9-12-7-3-4-10-13(11)12;1-8(2)9-6-4-3-5-7-9;1-7-5-3-2-4-6-7/h6-8,11-23,30H,4-5,9-10H2,1-3H3;3-5,7-10H,2,6H2,1H3;3-7H,1H2,2H3;2-6H,1H3/b29-23+;;;. The molecule has 310 valence electrons. The summed E-state index contributed by atoms with van der Waals surface area (Å²) in [6.07, 6.45) is 9.55. The molecule has 0 aliphatic carbocycles. The molecule has 0 spiro atoms. The van der Waals surface area contributed by atoms with Crippen molar-refractivity contribution in [2.24, 2.45) is 0 Å². The van der Waals surface area contributed by atoms with Crippen LogP contribution in [0.3, 0.4) is 0 Å². The van der Waals surface area contributed by atoms with E-state index in [1.54, 1.807) is 0 Å². The smallest absolute Gasteiger partial charge is 0.00300 e. The van der Waals surface area contributed by atoms with E-state index in [-0.39, 0.29) is 0 Å². The van der Waals surface area contributed by atoms with Gasteiger partial charge < -0.3 is 0 Å². The van der Waals surface area contributed by atoms with Gasteiger partial charge in [0.05, 0.1) is 0 Å². The van der Waals surface area contributed by atoms with Gasteiger partial charge in [0.15, 0.2) is 0 Å². The van der Waals surface area contributed by atoms with Gasteiger partial charge in [-0.05, 0) is 101 Å². The van der Waals surface area contributed by atoms with Gasteiger partial charge >= 0.3 is 0 Å². The van der Waals surface area contributed by atoms with Gasteiger partial charge in [-0.2, -0.15) is 0 Å². The van der Waals surface area contributed by atoms with Crippen molar-refractivity contribution in [1.29, 1.82) is 0 Å². The minimum Gasteiger partial charge on any atom is -0.0955 e. The van der Waals surface area contributed by atoms with Gasteiger partial charge in [-0.1, -0.05) is 264 Å². The number of rotatable bonds is 11. The maximum Gasteiger partial charge on any atom is 0.00300 e. The van der Waals surface area contributed by atoms with Crippen molar-refractivity contribution in [3.05, 3.63) is 240 Å². The molecule has 0 saturated heterocycles. The molecule has 0 fully saturated rings. The highest BCUT2D eigenvalue weighted by Gasteiger charge is 2.14. The molecule has 0 aromatic heterocycles. The summed E-state index contributed by atoms with van der Waals surface area (Å²) in [6, 6.07) is 69.1. The summed E-state index contributed by atoms with van der Waals surface area (Å²) in [5.41, 5.74) is 13.3. The maximum absolute atomic E-state index is 3.83. The van der Waals surface area contributed by atoms with Crippen LogP contribution in [-0.2, 0) is 6.42 Å². The molecule has 61 heavy (non-hydrogen) atoms. The molecule has 0 amide bonds. The fourth-order valence-corrected chi connectivity index (χ4v) is 7.71. The van der Waals surface area contributed by atoms with E-state index < -0.39 is 0 Å². The maximum atomic E-state index is 3.83. The van der Waals surface area contributed by atoms with Crippen molar-refractivity contribution in [2.45, 2.75) is 86.0 Å². The Morgan fingerprint density at radius 1 is 0.475 bits per heavy atom. The first-order valence-corrected chi connectivity index (χ1v) is 22.4. The zero-order valence-corrected chi connectivity index (χ0v) is 37.6. The summed E-state index contributed by atoms with van der Waals surface area (Å²) in [4.78, 5) is 0. The van der Waals surface area contributed by atoms with Gasteiger partial charge in [0.2, 0.25) is 0 Å². The molecule has 0 aliphatic rings. The van der Waals surface area contributed by atoms with Crippen LogP contribution in [0.15, 0.2) is 207 Å². The molecular formula is C61H66. The van der Waals surface area contributed by atoms with Crippen molar-refractivity contribution < 1.29 is 0 Å². The lowest BCUT2D eigenvalue weighted by atomic mass is 9.86. The first kappa shape index (κ1) is 45.8. The molecule has 0 heteroatoms. The summed E-state index contributed by atoms with van der Waals surface area (Å²) in [5, 5.41) is 5.48. The Balaban J connectivity index is 0.000000195. The zero-order chi connectivity index (χ0) is 43.2. The normalized spacial score (nSPS) is 11.3. The lowest BCUT2D eigenvalue weighted by Crippen LogP contribution is -1.99. The molecule has 0 N–H and O–H groups in total. The van der Waals surface area contributed by atoms with Crippen LogP contribution in [0.2, 0.25) is 0 Å². The summed E-state index contributed by atoms with van der Waals surface area (Å²) < 4.78 is 0. The van der Waals surface area contributed by atoms with E-state index in [9.17, 15) is 0 Å². The average Bonchev–Trinajstić information content (AvgIpc) is 3.30. The van der Waals surface area contributed by atoms with Gasteiger partial charge in [0.25, 0.3) is 0 Å². The predicted octanol–water partition coefficient (Wildman–Crippen LogP) is 18.1. The molecule has 0 radical (unpaired) electrons. The third-order valence-electron chi connectivity index (χ3n) is 11.0. The largest absolute Gasteiger partial charge is 0.0955 e. The van der Waals surface area contributed by atoms with Gasteiger partial charge in [-0.3, -0.25) is 0 Å². The molecule has 0 saturated carbocycles. The molecule has 1 unspecified atom stereocenters. The highest BCUT2D eigenvalue weighted by molar-refractivity contribution is 5.87. The summed E-state index contributed by atoms with van der Waals surface area (Å²) in [6.45, 7) is 16.9. The number of fused-ring (bicyclic) bond motifs is 2. The second-order valence-corrected chi connectivity index (χ2v) is 16.0. The van der Waals surface area contributed by atoms with E-state index in [0.717, 1.165) is 18.4 Å². The number of hydrogen-bond donors (Lipinski definition) is 0. The molecule has 1 atom stereocenters. The molecular weight excluding hydrogens is 733 g/mol. The van der Waals surface area contributed by atoms with Gasteiger partial charge in [-0.15, -0.1) is 0 Å². The first-order valence-electron chi connectivity index (χ1n) is 22.4. The minimum atomic E-state index is 0.435. The fraction of sp³-hybridized carbons (Fsp3) is 0.213. The van der Waals surface area contributed by atoms with Crippen LogP contribution >= 0.6 is 0 Å². The lowest BCUT2D eigenvalue weighted by molar-refractivity contribution is 0.720. The number of aryl methyl sites for hydroxylation is 3. The molecule has 0 bridgehead atoms. The number of hydrogen-bond acceptors (Lipinski definition) is 0. The van der Waals surface area contributed by atoms with Crippen molar-refractivity contribution >= 4 is 32.7 Å². The van der Waals surface area contributed by atoms with E-state index in [4.69, 9.17) is 0 Å². The van der Waals surface area contributed by atoms with E-state index in [1.807, 2.05) is 43.3 Å². The van der Waals surface area contributed by atoms with Gasteiger partial charge in [-0.25, -0.2) is 0 Å². The Hall–Kier alpha value is -6.24. The van der Waals surface area contributed by atoms with Gasteiger partial charge in [0, 0.05) is 5.92 Å². The monoisotopic (exact) mass is 799 g/mol. The molecule has 8 rings (SSSR count). The minimum absolute atomic E-state index is 0.435. The van der Waals surface area contributed by atoms with Crippen LogP contribution in [0.5, 0.6) is 0 Å². The Labute approximate surface area is 368 Å². The van der Waals surface area contributed by atoms with Crippen LogP contribution in [0.4, 0.5) is 0 Å². The highest BCUT2D eigenvalue weighted by Crippen LogP contribution is 2.34. The highest BCUT2D eigenvalue weighted by atomic mass is 14.2. The first-order chi connectivity index (χ1) is 29.8. The molecule has 0 heterocycles. The van der Waals surface area contributed by atoms with Crippen molar-refractivity contribution in [3.63, 3.8) is 0 Å². The van der Waals surface area contributed by atoms with Crippen molar-refractivity contribution in [1.82, 2.24) is 0 Å². The summed E-state index contributed by atoms with van der Waals surface area (Å²) in [7, 11) is 0. The van der Waals surface area contributed by atoms with E-state index >= 15 is 0 Å². The SMILES string of the molecule is C=C(C)c1ccccc1.CCC/C(=C\C(CCC)c1cccc2ccccc12)c1ccc(-c2ccc(C)cc2)cc1.CCCc1cccc2ccccc12.Cc1ccccc1. The average molecular weight is 799 g/mol. The second kappa shape index (κ2) is 24.7. The molecule has 0 aliphatic heterocycles. The van der Waals surface area contributed by atoms with E-state index in [2.05, 4.69) is 205 Å². The van der Waals surface area contributed by atoms with Crippen LogP contribution in [-0.4, -0.2) is 0 Å². The summed E-state index contributed by atoms with van der Waals surface area (Å²) >= 11 is 0. The topological polar surface area (TPSA) is 0 Å². The fourth-order valence-electron chi connectivity index (χ4n) is 7.71.